The van der Waals surface area contributed by atoms with Gasteiger partial charge in [0.1, 0.15) is 5.75 Å². The van der Waals surface area contributed by atoms with Crippen molar-refractivity contribution < 1.29 is 13.4 Å². The molecule has 3 saturated heterocycles. The molecule has 44 heavy (non-hydrogen) atoms. The number of rotatable bonds is 14. The number of piperazine rings is 3. The third-order valence-corrected chi connectivity index (χ3v) is 13.7. The molecule has 7 rings (SSSR count). The van der Waals surface area contributed by atoms with Crippen LogP contribution >= 0.6 is 0 Å². The number of unbranched alkanes of at least 4 members (excludes halogenated alkanes) is 3. The number of hydrogen-bond donors (Lipinski definition) is 0. The molecule has 1 saturated carbocycles. The predicted molar refractivity (Wildman–Crippen MR) is 184 cm³/mol. The lowest BCUT2D eigenvalue weighted by Gasteiger charge is -2.50. The van der Waals surface area contributed by atoms with Gasteiger partial charge in [0.2, 0.25) is 0 Å². The predicted octanol–water partition coefficient (Wildman–Crippen LogP) is 7.46. The molecule has 4 aliphatic heterocycles. The maximum atomic E-state index is 14.3. The van der Waals surface area contributed by atoms with Gasteiger partial charge in [0.05, 0.1) is 43.6 Å². The topological polar surface area (TPSA) is 32.8 Å². The lowest BCUT2D eigenvalue weighted by molar-refractivity contribution is -0.941. The van der Waals surface area contributed by atoms with Crippen LogP contribution in [0.5, 0.6) is 5.75 Å². The van der Waals surface area contributed by atoms with Crippen LogP contribution < -0.4 is 9.64 Å². The van der Waals surface area contributed by atoms with E-state index in [-0.39, 0.29) is 16.7 Å². The average Bonchev–Trinajstić information content (AvgIpc) is 3.86. The molecule has 1 spiro atoms. The Morgan fingerprint density at radius 3 is 2.16 bits per heavy atom. The molecule has 5 aliphatic rings. The van der Waals surface area contributed by atoms with E-state index in [1.165, 1.54) is 125 Å². The van der Waals surface area contributed by atoms with Crippen molar-refractivity contribution in [3.63, 3.8) is 0 Å². The number of benzene rings is 2. The van der Waals surface area contributed by atoms with Crippen molar-refractivity contribution in [3.8, 4) is 5.75 Å². The molecular formula is C38H58N3O2S+. The van der Waals surface area contributed by atoms with E-state index in [1.807, 2.05) is 0 Å². The molecule has 0 aromatic heterocycles. The summed E-state index contributed by atoms with van der Waals surface area (Å²) in [6.45, 7) is 14.6. The van der Waals surface area contributed by atoms with E-state index in [2.05, 4.69) is 80.2 Å². The molecule has 0 radical (unpaired) electrons. The van der Waals surface area contributed by atoms with Crippen molar-refractivity contribution in [1.29, 1.82) is 0 Å². The Labute approximate surface area is 270 Å². The zero-order chi connectivity index (χ0) is 30.8. The first kappa shape index (κ1) is 32.1. The van der Waals surface area contributed by atoms with E-state index in [1.54, 1.807) is 0 Å². The normalized spacial score (nSPS) is 28.0. The molecule has 4 heterocycles. The molecule has 4 fully saturated rings. The first-order chi connectivity index (χ1) is 21.3. The van der Waals surface area contributed by atoms with E-state index in [9.17, 15) is 4.21 Å². The molecular weight excluding hydrogens is 563 g/mol. The second-order valence-electron chi connectivity index (χ2n) is 14.9. The molecule has 1 aliphatic carbocycles. The Kier molecular flexibility index (Phi) is 9.81. The highest BCUT2D eigenvalue weighted by atomic mass is 32.2. The number of fused-ring (bicyclic) bond motifs is 4. The number of quaternary nitrogens is 1. The van der Waals surface area contributed by atoms with Crippen molar-refractivity contribution in [2.24, 2.45) is 10.8 Å². The summed E-state index contributed by atoms with van der Waals surface area (Å²) >= 11 is 0. The Balaban J connectivity index is 1.23. The lowest BCUT2D eigenvalue weighted by Crippen LogP contribution is -2.67. The molecule has 0 amide bonds. The average molecular weight is 621 g/mol. The quantitative estimate of drug-likeness (QED) is 0.162. The molecule has 5 nitrogen and oxygen atoms in total. The van der Waals surface area contributed by atoms with Gasteiger partial charge in [-0.25, -0.2) is 0 Å². The number of hydrogen-bond acceptors (Lipinski definition) is 4. The fourth-order valence-corrected chi connectivity index (χ4v) is 11.0. The van der Waals surface area contributed by atoms with Crippen LogP contribution in [0.2, 0.25) is 0 Å². The molecule has 2 atom stereocenters. The minimum absolute atomic E-state index is 0.119. The molecule has 2 bridgehead atoms. The third kappa shape index (κ3) is 6.25. The largest absolute Gasteiger partial charge is 0.494 e. The number of ether oxygens (including phenoxy) is 1. The zero-order valence-corrected chi connectivity index (χ0v) is 28.9. The number of nitrogens with zero attached hydrogens (tertiary/aromatic N) is 3. The van der Waals surface area contributed by atoms with Crippen LogP contribution in [0.4, 0.5) is 5.69 Å². The van der Waals surface area contributed by atoms with Gasteiger partial charge >= 0.3 is 0 Å². The summed E-state index contributed by atoms with van der Waals surface area (Å²) in [6, 6.07) is 15.8. The highest BCUT2D eigenvalue weighted by Gasteiger charge is 2.64. The van der Waals surface area contributed by atoms with Crippen LogP contribution in [0.1, 0.15) is 95.1 Å². The highest BCUT2D eigenvalue weighted by Crippen LogP contribution is 2.72. The van der Waals surface area contributed by atoms with Crippen molar-refractivity contribution in [2.75, 3.05) is 77.2 Å². The second-order valence-corrected chi connectivity index (χ2v) is 16.3. The highest BCUT2D eigenvalue weighted by molar-refractivity contribution is 7.85. The van der Waals surface area contributed by atoms with Gasteiger partial charge in [-0.1, -0.05) is 51.7 Å². The Hall–Kier alpha value is -1.89. The van der Waals surface area contributed by atoms with Gasteiger partial charge in [-0.2, -0.15) is 0 Å². The third-order valence-electron chi connectivity index (χ3n) is 12.1. The van der Waals surface area contributed by atoms with Gasteiger partial charge in [-0.15, -0.1) is 0 Å². The van der Waals surface area contributed by atoms with Crippen LogP contribution in [-0.2, 0) is 10.8 Å². The van der Waals surface area contributed by atoms with E-state index in [0.717, 1.165) is 29.4 Å². The van der Waals surface area contributed by atoms with Crippen LogP contribution in [0.3, 0.4) is 0 Å². The maximum Gasteiger partial charge on any atom is 0.119 e. The van der Waals surface area contributed by atoms with Gasteiger partial charge in [0.25, 0.3) is 0 Å². The summed E-state index contributed by atoms with van der Waals surface area (Å²) in [5.74, 6) is 2.07. The van der Waals surface area contributed by atoms with E-state index >= 15 is 0 Å². The van der Waals surface area contributed by atoms with Gasteiger partial charge < -0.3 is 14.1 Å². The fraction of sp³-hybridized carbons (Fsp3) is 0.684. The number of anilines is 1. The van der Waals surface area contributed by atoms with E-state index in [4.69, 9.17) is 4.74 Å². The summed E-state index contributed by atoms with van der Waals surface area (Å²) in [5, 5.41) is 0. The first-order valence-electron chi connectivity index (χ1n) is 17.8. The molecule has 2 aromatic rings. The Morgan fingerprint density at radius 2 is 1.57 bits per heavy atom. The van der Waals surface area contributed by atoms with Crippen LogP contribution in [-0.4, -0.2) is 85.9 Å². The van der Waals surface area contributed by atoms with Crippen molar-refractivity contribution in [3.05, 3.63) is 53.6 Å². The van der Waals surface area contributed by atoms with Gasteiger partial charge in [0.15, 0.2) is 0 Å². The van der Waals surface area contributed by atoms with Crippen molar-refractivity contribution in [1.82, 2.24) is 4.90 Å². The molecule has 1 unspecified atom stereocenters. The minimum atomic E-state index is -0.993. The van der Waals surface area contributed by atoms with Crippen LogP contribution in [0.15, 0.2) is 47.4 Å². The molecule has 0 N–H and O–H groups in total. The summed E-state index contributed by atoms with van der Waals surface area (Å²) in [7, 11) is 3.24. The monoisotopic (exact) mass is 620 g/mol. The standard InChI is InChI=1S/C38H58N3O2S/c1-5-7-17-37(18-8-6-2)30-44(42)35-16-13-32(39(3)4)29-34(35)36(38(37)19-20-38)31-11-14-33(15-12-31)43-28-10-9-24-41-25-21-40(22-26-41)23-27-41/h11-16,29,36H,5-10,17-28,30H2,1-4H3/q+1/t36-,44?/m1/s1. The molecule has 6 heteroatoms. The van der Waals surface area contributed by atoms with E-state index < -0.39 is 10.8 Å². The van der Waals surface area contributed by atoms with Crippen molar-refractivity contribution >= 4 is 16.5 Å². The summed E-state index contributed by atoms with van der Waals surface area (Å²) < 4.78 is 21.9. The van der Waals surface area contributed by atoms with Crippen LogP contribution in [0.25, 0.3) is 0 Å². The van der Waals surface area contributed by atoms with Crippen molar-refractivity contribution in [2.45, 2.75) is 88.9 Å². The molecule has 242 valence electrons. The summed E-state index contributed by atoms with van der Waals surface area (Å²) in [6.07, 6.45) is 12.1. The fourth-order valence-electron chi connectivity index (χ4n) is 9.14. The molecule has 2 aromatic carbocycles. The van der Waals surface area contributed by atoms with E-state index in [0.29, 0.717) is 0 Å². The minimum Gasteiger partial charge on any atom is -0.494 e. The lowest BCUT2D eigenvalue weighted by atomic mass is 9.59. The Bertz CT molecular complexity index is 1260. The van der Waals surface area contributed by atoms with Crippen LogP contribution in [0, 0.1) is 10.8 Å². The second kappa shape index (κ2) is 13.5. The summed E-state index contributed by atoms with van der Waals surface area (Å²) in [4.78, 5) is 5.89. The summed E-state index contributed by atoms with van der Waals surface area (Å²) in [5.41, 5.74) is 4.19. The Morgan fingerprint density at radius 1 is 0.909 bits per heavy atom. The van der Waals surface area contributed by atoms with Gasteiger partial charge in [-0.05, 0) is 90.8 Å². The smallest absolute Gasteiger partial charge is 0.119 e. The SMILES string of the molecule is CCCCC1(CCCC)CS(=O)c2ccc(N(C)C)cc2[C@@H](c2ccc(OCCCC[N+]34CCN(CC3)CC4)cc2)C12CC2. The maximum absolute atomic E-state index is 14.3. The zero-order valence-electron chi connectivity index (χ0n) is 28.1. The van der Waals surface area contributed by atoms with Gasteiger partial charge in [-0.3, -0.25) is 9.11 Å². The first-order valence-corrected chi connectivity index (χ1v) is 19.2. The van der Waals surface area contributed by atoms with Gasteiger partial charge in [0, 0.05) is 56.0 Å².